The molecule has 100 valence electrons. The average molecular weight is 291 g/mol. The molecule has 2 rings (SSSR count). The summed E-state index contributed by atoms with van der Waals surface area (Å²) in [5.74, 6) is 0.634. The second-order valence-corrected chi connectivity index (χ2v) is 6.80. The molecule has 4 heteroatoms. The molecule has 0 amide bonds. The lowest BCUT2D eigenvalue weighted by Crippen LogP contribution is -2.06. The molecular weight excluding hydrogens is 274 g/mol. The number of nitrogens with zero attached hydrogens (tertiary/aromatic N) is 1. The van der Waals surface area contributed by atoms with Gasteiger partial charge in [-0.05, 0) is 50.5 Å². The van der Waals surface area contributed by atoms with Gasteiger partial charge in [0.25, 0.3) is 0 Å². The highest BCUT2D eigenvalue weighted by molar-refractivity contribution is 8.01. The number of thioether (sulfide) groups is 1. The van der Waals surface area contributed by atoms with Crippen molar-refractivity contribution in [2.75, 3.05) is 5.75 Å². The third kappa shape index (κ3) is 3.45. The Morgan fingerprint density at radius 2 is 1.84 bits per heavy atom. The summed E-state index contributed by atoms with van der Waals surface area (Å²) in [6, 6.07) is 4.08. The number of aromatic nitrogens is 1. The van der Waals surface area contributed by atoms with Gasteiger partial charge in [0.1, 0.15) is 0 Å². The lowest BCUT2D eigenvalue weighted by Gasteiger charge is -2.08. The Hall–Kier alpha value is -1.13. The Labute approximate surface area is 122 Å². The van der Waals surface area contributed by atoms with Gasteiger partial charge in [0, 0.05) is 16.6 Å². The largest absolute Gasteiger partial charge is 0.293 e. The maximum atomic E-state index is 12.3. The van der Waals surface area contributed by atoms with Crippen LogP contribution in [0.5, 0.6) is 0 Å². The molecule has 0 bridgehead atoms. The average Bonchev–Trinajstić information content (AvgIpc) is 2.77. The van der Waals surface area contributed by atoms with Gasteiger partial charge in [-0.15, -0.1) is 11.3 Å². The third-order valence-electron chi connectivity index (χ3n) is 3.07. The van der Waals surface area contributed by atoms with Crippen LogP contribution in [-0.4, -0.2) is 16.5 Å². The molecule has 0 spiro atoms. The standard InChI is InChI=1S/C15H17NOS2/c1-9-5-11(3)13(6-10(9)2)14(17)8-19-15-16-12(4)7-18-15/h5-7H,8H2,1-4H3. The number of carbonyl (C=O) groups is 1. The molecule has 0 unspecified atom stereocenters. The highest BCUT2D eigenvalue weighted by Crippen LogP contribution is 2.24. The van der Waals surface area contributed by atoms with Gasteiger partial charge in [-0.1, -0.05) is 17.8 Å². The van der Waals surface area contributed by atoms with Crippen molar-refractivity contribution in [1.29, 1.82) is 0 Å². The normalized spacial score (nSPS) is 10.7. The number of benzene rings is 1. The van der Waals surface area contributed by atoms with E-state index in [0.29, 0.717) is 5.75 Å². The molecule has 19 heavy (non-hydrogen) atoms. The van der Waals surface area contributed by atoms with Crippen LogP contribution in [0.15, 0.2) is 21.9 Å². The number of hydrogen-bond donors (Lipinski definition) is 0. The molecular formula is C15H17NOS2. The van der Waals surface area contributed by atoms with E-state index in [1.54, 1.807) is 11.3 Å². The minimum absolute atomic E-state index is 0.179. The second-order valence-electron chi connectivity index (χ2n) is 4.72. The summed E-state index contributed by atoms with van der Waals surface area (Å²) in [7, 11) is 0. The van der Waals surface area contributed by atoms with Gasteiger partial charge in [0.05, 0.1) is 5.75 Å². The number of Topliss-reactive ketones (excluding diaryl/α,β-unsaturated/α-hetero) is 1. The fourth-order valence-electron chi connectivity index (χ4n) is 1.86. The molecule has 0 aliphatic heterocycles. The number of carbonyl (C=O) groups excluding carboxylic acids is 1. The molecule has 1 heterocycles. The molecule has 0 saturated heterocycles. The lowest BCUT2D eigenvalue weighted by atomic mass is 9.99. The molecule has 0 aliphatic carbocycles. The van der Waals surface area contributed by atoms with Gasteiger partial charge in [-0.2, -0.15) is 0 Å². The minimum atomic E-state index is 0.179. The number of hydrogen-bond acceptors (Lipinski definition) is 4. The molecule has 2 nitrogen and oxygen atoms in total. The van der Waals surface area contributed by atoms with Crippen LogP contribution in [0.25, 0.3) is 0 Å². The maximum absolute atomic E-state index is 12.3. The summed E-state index contributed by atoms with van der Waals surface area (Å²) >= 11 is 3.12. The van der Waals surface area contributed by atoms with E-state index in [4.69, 9.17) is 0 Å². The third-order valence-corrected chi connectivity index (χ3v) is 5.20. The Morgan fingerprint density at radius 3 is 2.47 bits per heavy atom. The zero-order chi connectivity index (χ0) is 14.0. The van der Waals surface area contributed by atoms with Crippen molar-refractivity contribution in [3.63, 3.8) is 0 Å². The highest BCUT2D eigenvalue weighted by Gasteiger charge is 2.12. The monoisotopic (exact) mass is 291 g/mol. The molecule has 2 aromatic rings. The first-order chi connectivity index (χ1) is 8.97. The van der Waals surface area contributed by atoms with Crippen molar-refractivity contribution in [2.24, 2.45) is 0 Å². The van der Waals surface area contributed by atoms with E-state index in [2.05, 4.69) is 18.0 Å². The van der Waals surface area contributed by atoms with Gasteiger partial charge >= 0.3 is 0 Å². The quantitative estimate of drug-likeness (QED) is 0.619. The van der Waals surface area contributed by atoms with Crippen LogP contribution in [0.2, 0.25) is 0 Å². The van der Waals surface area contributed by atoms with Crippen LogP contribution < -0.4 is 0 Å². The second kappa shape index (κ2) is 5.88. The van der Waals surface area contributed by atoms with Crippen molar-refractivity contribution >= 4 is 28.9 Å². The highest BCUT2D eigenvalue weighted by atomic mass is 32.2. The summed E-state index contributed by atoms with van der Waals surface area (Å²) < 4.78 is 0.965. The van der Waals surface area contributed by atoms with Gasteiger partial charge in [0.2, 0.25) is 0 Å². The molecule has 1 aromatic heterocycles. The van der Waals surface area contributed by atoms with Crippen LogP contribution >= 0.6 is 23.1 Å². The number of aryl methyl sites for hydroxylation is 4. The lowest BCUT2D eigenvalue weighted by molar-refractivity contribution is 0.102. The fraction of sp³-hybridized carbons (Fsp3) is 0.333. The smallest absolute Gasteiger partial charge is 0.173 e. The molecule has 0 aliphatic rings. The van der Waals surface area contributed by atoms with Gasteiger partial charge in [0.15, 0.2) is 10.1 Å². The van der Waals surface area contributed by atoms with E-state index in [9.17, 15) is 4.79 Å². The molecule has 0 radical (unpaired) electrons. The van der Waals surface area contributed by atoms with E-state index >= 15 is 0 Å². The summed E-state index contributed by atoms with van der Waals surface area (Å²) in [6.07, 6.45) is 0. The first-order valence-electron chi connectivity index (χ1n) is 6.13. The van der Waals surface area contributed by atoms with E-state index in [-0.39, 0.29) is 5.78 Å². The van der Waals surface area contributed by atoms with Gasteiger partial charge < -0.3 is 0 Å². The van der Waals surface area contributed by atoms with Gasteiger partial charge in [-0.3, -0.25) is 4.79 Å². The predicted octanol–water partition coefficient (Wildman–Crippen LogP) is 4.35. The van der Waals surface area contributed by atoms with Crippen LogP contribution in [0, 0.1) is 27.7 Å². The zero-order valence-corrected chi connectivity index (χ0v) is 13.2. The first kappa shape index (κ1) is 14.3. The summed E-state index contributed by atoms with van der Waals surface area (Å²) in [5, 5.41) is 2.01. The zero-order valence-electron chi connectivity index (χ0n) is 11.6. The fourth-order valence-corrected chi connectivity index (χ4v) is 3.60. The van der Waals surface area contributed by atoms with Crippen LogP contribution in [0.4, 0.5) is 0 Å². The van der Waals surface area contributed by atoms with E-state index < -0.39 is 0 Å². The summed E-state index contributed by atoms with van der Waals surface area (Å²) in [4.78, 5) is 16.6. The molecule has 0 saturated carbocycles. The van der Waals surface area contributed by atoms with Crippen LogP contribution in [0.3, 0.4) is 0 Å². The Morgan fingerprint density at radius 1 is 1.16 bits per heavy atom. The Balaban J connectivity index is 2.10. The number of thiazole rings is 1. The molecule has 0 atom stereocenters. The maximum Gasteiger partial charge on any atom is 0.173 e. The van der Waals surface area contributed by atoms with E-state index in [1.165, 1.54) is 22.9 Å². The molecule has 0 N–H and O–H groups in total. The molecule has 0 fully saturated rings. The number of ketones is 1. The predicted molar refractivity (Wildman–Crippen MR) is 82.6 cm³/mol. The van der Waals surface area contributed by atoms with Crippen molar-refractivity contribution in [1.82, 2.24) is 4.98 Å². The Kier molecular flexibility index (Phi) is 4.42. The summed E-state index contributed by atoms with van der Waals surface area (Å²) in [6.45, 7) is 8.08. The topological polar surface area (TPSA) is 30.0 Å². The number of rotatable bonds is 4. The van der Waals surface area contributed by atoms with E-state index in [1.807, 2.05) is 32.2 Å². The Bertz CT molecular complexity index is 617. The molecule has 1 aromatic carbocycles. The van der Waals surface area contributed by atoms with E-state index in [0.717, 1.165) is 21.2 Å². The van der Waals surface area contributed by atoms with Crippen molar-refractivity contribution in [2.45, 2.75) is 32.0 Å². The first-order valence-corrected chi connectivity index (χ1v) is 8.00. The van der Waals surface area contributed by atoms with Crippen LogP contribution in [0.1, 0.15) is 32.7 Å². The van der Waals surface area contributed by atoms with Crippen molar-refractivity contribution < 1.29 is 4.79 Å². The van der Waals surface area contributed by atoms with Crippen LogP contribution in [-0.2, 0) is 0 Å². The summed E-state index contributed by atoms with van der Waals surface area (Å²) in [5.41, 5.74) is 5.32. The minimum Gasteiger partial charge on any atom is -0.293 e. The SMILES string of the molecule is Cc1csc(SCC(=O)c2cc(C)c(C)cc2C)n1. The van der Waals surface area contributed by atoms with Crippen molar-refractivity contribution in [3.8, 4) is 0 Å². The van der Waals surface area contributed by atoms with Crippen molar-refractivity contribution in [3.05, 3.63) is 45.5 Å². The van der Waals surface area contributed by atoms with Gasteiger partial charge in [-0.25, -0.2) is 4.98 Å².